The summed E-state index contributed by atoms with van der Waals surface area (Å²) in [6, 6.07) is 16.4. The van der Waals surface area contributed by atoms with Gasteiger partial charge in [-0.2, -0.15) is 0 Å². The van der Waals surface area contributed by atoms with Crippen LogP contribution in [0.15, 0.2) is 60.9 Å². The van der Waals surface area contributed by atoms with Crippen LogP contribution in [0.2, 0.25) is 0 Å². The van der Waals surface area contributed by atoms with Gasteiger partial charge in [0.05, 0.1) is 26.4 Å². The highest BCUT2D eigenvalue weighted by Gasteiger charge is 2.21. The molecule has 5 nitrogen and oxygen atoms in total. The van der Waals surface area contributed by atoms with Crippen molar-refractivity contribution in [3.8, 4) is 23.0 Å². The number of hydrogen-bond donors (Lipinski definition) is 0. The van der Waals surface area contributed by atoms with Crippen molar-refractivity contribution in [3.05, 3.63) is 77.6 Å². The highest BCUT2D eigenvalue weighted by atomic mass is 16.5. The van der Waals surface area contributed by atoms with Gasteiger partial charge in [0.2, 0.25) is 0 Å². The minimum atomic E-state index is 0.245. The maximum atomic E-state index is 6.42. The van der Waals surface area contributed by atoms with Gasteiger partial charge in [-0.3, -0.25) is 4.98 Å². The highest BCUT2D eigenvalue weighted by Crippen LogP contribution is 2.39. The van der Waals surface area contributed by atoms with Crippen molar-refractivity contribution in [2.24, 2.45) is 0 Å². The van der Waals surface area contributed by atoms with E-state index in [-0.39, 0.29) is 12.2 Å². The lowest BCUT2D eigenvalue weighted by molar-refractivity contribution is 0.200. The minimum absolute atomic E-state index is 0.245. The molecule has 0 N–H and O–H groups in total. The first kappa shape index (κ1) is 24.2. The third-order valence-electron chi connectivity index (χ3n) is 7.16. The fraction of sp³-hybridized carbons (Fsp3) is 0.387. The number of nitrogens with zero attached hydrogens (tertiary/aromatic N) is 1. The Morgan fingerprint density at radius 2 is 1.14 bits per heavy atom. The number of benzene rings is 2. The molecule has 0 unspecified atom stereocenters. The van der Waals surface area contributed by atoms with Crippen LogP contribution in [0.3, 0.4) is 0 Å². The zero-order valence-electron chi connectivity index (χ0n) is 21.2. The van der Waals surface area contributed by atoms with Gasteiger partial charge in [-0.25, -0.2) is 0 Å². The van der Waals surface area contributed by atoms with Gasteiger partial charge in [0, 0.05) is 12.4 Å². The third kappa shape index (κ3) is 5.67. The van der Waals surface area contributed by atoms with Gasteiger partial charge < -0.3 is 18.9 Å². The van der Waals surface area contributed by atoms with E-state index in [0.29, 0.717) is 0 Å². The molecule has 188 valence electrons. The van der Waals surface area contributed by atoms with Crippen molar-refractivity contribution in [1.82, 2.24) is 4.98 Å². The Kier molecular flexibility index (Phi) is 7.75. The zero-order valence-corrected chi connectivity index (χ0v) is 21.2. The molecule has 2 aromatic carbocycles. The lowest BCUT2D eigenvalue weighted by atomic mass is 9.95. The molecule has 0 aliphatic heterocycles. The molecule has 2 saturated carbocycles. The summed E-state index contributed by atoms with van der Waals surface area (Å²) in [5.74, 6) is 3.10. The molecule has 5 rings (SSSR count). The Bertz CT molecular complexity index is 1110. The maximum Gasteiger partial charge on any atom is 0.162 e. The molecule has 0 spiro atoms. The smallest absolute Gasteiger partial charge is 0.162 e. The Morgan fingerprint density at radius 1 is 0.667 bits per heavy atom. The molecule has 0 bridgehead atoms. The van der Waals surface area contributed by atoms with E-state index in [1.54, 1.807) is 14.2 Å². The van der Waals surface area contributed by atoms with Crippen LogP contribution in [0, 0.1) is 0 Å². The standard InChI is InChI=1S/C31H35NO4/c1-33-28-13-11-23(20-30(28)35-25-7-3-4-8-25)27(19-22-15-17-32-18-16-22)24-12-14-29(34-2)31(21-24)36-26-9-5-6-10-26/h11-21,25-26H,3-10H2,1-2H3. The predicted octanol–water partition coefficient (Wildman–Crippen LogP) is 7.33. The van der Waals surface area contributed by atoms with E-state index in [9.17, 15) is 0 Å². The second-order valence-electron chi connectivity index (χ2n) is 9.62. The maximum absolute atomic E-state index is 6.42. The van der Waals surface area contributed by atoms with Crippen molar-refractivity contribution < 1.29 is 18.9 Å². The number of aromatic nitrogens is 1. The van der Waals surface area contributed by atoms with Crippen molar-refractivity contribution in [2.75, 3.05) is 14.2 Å². The molecule has 2 aliphatic rings. The fourth-order valence-electron chi connectivity index (χ4n) is 5.20. The van der Waals surface area contributed by atoms with Crippen LogP contribution in [0.5, 0.6) is 23.0 Å². The first-order valence-electron chi connectivity index (χ1n) is 13.1. The molecule has 36 heavy (non-hydrogen) atoms. The van der Waals surface area contributed by atoms with Gasteiger partial charge in [-0.1, -0.05) is 12.1 Å². The van der Waals surface area contributed by atoms with E-state index in [0.717, 1.165) is 70.9 Å². The SMILES string of the molecule is COc1ccc(C(=Cc2ccncc2)c2ccc(OC)c(OC3CCCC3)c2)cc1OC1CCCC1. The van der Waals surface area contributed by atoms with Crippen LogP contribution < -0.4 is 18.9 Å². The Balaban J connectivity index is 1.56. The molecule has 0 radical (unpaired) electrons. The van der Waals surface area contributed by atoms with E-state index in [2.05, 4.69) is 35.3 Å². The number of pyridine rings is 1. The van der Waals surface area contributed by atoms with Crippen LogP contribution in [0.4, 0.5) is 0 Å². The molecule has 1 heterocycles. The second-order valence-corrected chi connectivity index (χ2v) is 9.62. The Morgan fingerprint density at radius 3 is 1.58 bits per heavy atom. The number of ether oxygens (including phenoxy) is 4. The first-order valence-corrected chi connectivity index (χ1v) is 13.1. The van der Waals surface area contributed by atoms with E-state index in [1.165, 1.54) is 25.7 Å². The average molecular weight is 486 g/mol. The van der Waals surface area contributed by atoms with Crippen molar-refractivity contribution >= 4 is 11.6 Å². The average Bonchev–Trinajstić information content (AvgIpc) is 3.63. The van der Waals surface area contributed by atoms with Crippen LogP contribution in [-0.4, -0.2) is 31.4 Å². The lowest BCUT2D eigenvalue weighted by Gasteiger charge is -2.20. The monoisotopic (exact) mass is 485 g/mol. The summed E-state index contributed by atoms with van der Waals surface area (Å²) < 4.78 is 24.1. The predicted molar refractivity (Wildman–Crippen MR) is 143 cm³/mol. The topological polar surface area (TPSA) is 49.8 Å². The molecule has 0 atom stereocenters. The van der Waals surface area contributed by atoms with Crippen LogP contribution >= 0.6 is 0 Å². The number of hydrogen-bond acceptors (Lipinski definition) is 5. The zero-order chi connectivity index (χ0) is 24.7. The molecule has 3 aromatic rings. The normalized spacial score (nSPS) is 16.1. The van der Waals surface area contributed by atoms with Crippen molar-refractivity contribution in [3.63, 3.8) is 0 Å². The van der Waals surface area contributed by atoms with E-state index < -0.39 is 0 Å². The van der Waals surface area contributed by atoms with Crippen molar-refractivity contribution in [1.29, 1.82) is 0 Å². The molecule has 2 fully saturated rings. The van der Waals surface area contributed by atoms with Crippen LogP contribution in [0.25, 0.3) is 11.6 Å². The van der Waals surface area contributed by atoms with Gasteiger partial charge in [0.15, 0.2) is 23.0 Å². The van der Waals surface area contributed by atoms with Crippen LogP contribution in [0.1, 0.15) is 68.1 Å². The summed E-state index contributed by atoms with van der Waals surface area (Å²) in [6.45, 7) is 0. The molecular weight excluding hydrogens is 450 g/mol. The van der Waals surface area contributed by atoms with E-state index in [4.69, 9.17) is 18.9 Å². The second kappa shape index (κ2) is 11.5. The van der Waals surface area contributed by atoms with Crippen LogP contribution in [-0.2, 0) is 0 Å². The summed E-state index contributed by atoms with van der Waals surface area (Å²) >= 11 is 0. The Hall–Kier alpha value is -3.47. The molecule has 5 heteroatoms. The summed E-state index contributed by atoms with van der Waals surface area (Å²) in [5, 5.41) is 0. The van der Waals surface area contributed by atoms with Gasteiger partial charge in [0.1, 0.15) is 0 Å². The van der Waals surface area contributed by atoms with Gasteiger partial charge in [-0.15, -0.1) is 0 Å². The summed E-state index contributed by atoms with van der Waals surface area (Å²) in [4.78, 5) is 4.18. The quantitative estimate of drug-likeness (QED) is 0.318. The van der Waals surface area contributed by atoms with E-state index in [1.807, 2.05) is 36.7 Å². The largest absolute Gasteiger partial charge is 0.493 e. The number of rotatable bonds is 9. The summed E-state index contributed by atoms with van der Waals surface area (Å²) in [6.07, 6.45) is 15.5. The molecular formula is C31H35NO4. The van der Waals surface area contributed by atoms with E-state index >= 15 is 0 Å². The third-order valence-corrected chi connectivity index (χ3v) is 7.16. The molecule has 0 saturated heterocycles. The molecule has 2 aliphatic carbocycles. The molecule has 0 amide bonds. The number of methoxy groups -OCH3 is 2. The van der Waals surface area contributed by atoms with Crippen molar-refractivity contribution in [2.45, 2.75) is 63.6 Å². The molecule has 1 aromatic heterocycles. The summed E-state index contributed by atoms with van der Waals surface area (Å²) in [7, 11) is 3.39. The van der Waals surface area contributed by atoms with Gasteiger partial charge in [-0.05, 0) is 116 Å². The Labute approximate surface area is 214 Å². The van der Waals surface area contributed by atoms with Gasteiger partial charge >= 0.3 is 0 Å². The fourth-order valence-corrected chi connectivity index (χ4v) is 5.20. The summed E-state index contributed by atoms with van der Waals surface area (Å²) in [5.41, 5.74) is 4.25. The van der Waals surface area contributed by atoms with Gasteiger partial charge in [0.25, 0.3) is 0 Å². The first-order chi connectivity index (χ1) is 17.7. The highest BCUT2D eigenvalue weighted by molar-refractivity contribution is 5.92. The minimum Gasteiger partial charge on any atom is -0.493 e. The lowest BCUT2D eigenvalue weighted by Crippen LogP contribution is -2.12.